The van der Waals surface area contributed by atoms with Crippen molar-refractivity contribution in [3.63, 3.8) is 0 Å². The van der Waals surface area contributed by atoms with Gasteiger partial charge in [0.2, 0.25) is 0 Å². The molecule has 0 fully saturated rings. The lowest BCUT2D eigenvalue weighted by Crippen LogP contribution is -2.06. The molecule has 0 unspecified atom stereocenters. The predicted molar refractivity (Wildman–Crippen MR) is 40.7 cm³/mol. The summed E-state index contributed by atoms with van der Waals surface area (Å²) in [6, 6.07) is 0. The van der Waals surface area contributed by atoms with E-state index in [-0.39, 0.29) is 5.97 Å². The van der Waals surface area contributed by atoms with Crippen LogP contribution in [-0.2, 0) is 9.53 Å². The third kappa shape index (κ3) is 3.28. The molecule has 0 aliphatic carbocycles. The van der Waals surface area contributed by atoms with E-state index in [4.69, 9.17) is 4.74 Å². The van der Waals surface area contributed by atoms with Crippen molar-refractivity contribution in [2.45, 2.75) is 26.7 Å². The molecule has 0 amide bonds. The molecule has 0 aliphatic heterocycles. The van der Waals surface area contributed by atoms with Gasteiger partial charge in [0.15, 0.2) is 0 Å². The average Bonchev–Trinajstić information content (AvgIpc) is 1.89. The predicted octanol–water partition coefficient (Wildman–Crippen LogP) is 1.91. The van der Waals surface area contributed by atoms with Crippen LogP contribution in [0.25, 0.3) is 0 Å². The Hall–Kier alpha value is -0.790. The Labute approximate surface area is 61.9 Å². The lowest BCUT2D eigenvalue weighted by Gasteiger charge is -2.01. The molecule has 10 heavy (non-hydrogen) atoms. The summed E-state index contributed by atoms with van der Waals surface area (Å²) in [5, 5.41) is 0. The van der Waals surface area contributed by atoms with Crippen molar-refractivity contribution in [1.82, 2.24) is 0 Å². The van der Waals surface area contributed by atoms with E-state index in [0.29, 0.717) is 12.2 Å². The largest absolute Gasteiger partial charge is 0.463 e. The van der Waals surface area contributed by atoms with Crippen molar-refractivity contribution in [3.05, 3.63) is 12.2 Å². The van der Waals surface area contributed by atoms with E-state index in [0.717, 1.165) is 12.8 Å². The van der Waals surface area contributed by atoms with Gasteiger partial charge in [-0.05, 0) is 13.3 Å². The van der Waals surface area contributed by atoms with Gasteiger partial charge in [-0.15, -0.1) is 0 Å². The fraction of sp³-hybridized carbons (Fsp3) is 0.625. The molecule has 0 heterocycles. The van der Waals surface area contributed by atoms with Gasteiger partial charge in [0.05, 0.1) is 6.61 Å². The molecule has 2 heteroatoms. The zero-order valence-corrected chi connectivity index (χ0v) is 6.64. The molecule has 0 radical (unpaired) electrons. The standard InChI is InChI=1S/C8H14O2/c1-4-6-7(3)8(9)10-5-2/h3-6H2,1-2H3. The van der Waals surface area contributed by atoms with Gasteiger partial charge in [-0.2, -0.15) is 0 Å². The molecule has 58 valence electrons. The second-order valence-corrected chi connectivity index (χ2v) is 2.07. The van der Waals surface area contributed by atoms with Crippen LogP contribution in [0.3, 0.4) is 0 Å². The van der Waals surface area contributed by atoms with Gasteiger partial charge in [-0.1, -0.05) is 19.9 Å². The summed E-state index contributed by atoms with van der Waals surface area (Å²) in [4.78, 5) is 10.8. The van der Waals surface area contributed by atoms with Crippen molar-refractivity contribution in [2.75, 3.05) is 6.61 Å². The Bertz CT molecular complexity index is 111. The second-order valence-electron chi connectivity index (χ2n) is 2.07. The monoisotopic (exact) mass is 142 g/mol. The van der Waals surface area contributed by atoms with Crippen LogP contribution in [0.4, 0.5) is 0 Å². The minimum absolute atomic E-state index is 0.260. The first kappa shape index (κ1) is 9.21. The van der Waals surface area contributed by atoms with E-state index in [1.54, 1.807) is 6.92 Å². The molecule has 0 N–H and O–H groups in total. The van der Waals surface area contributed by atoms with Crippen LogP contribution in [0.15, 0.2) is 12.2 Å². The number of carbonyl (C=O) groups is 1. The first-order valence-electron chi connectivity index (χ1n) is 3.57. The van der Waals surface area contributed by atoms with E-state index in [1.807, 2.05) is 6.92 Å². The number of rotatable bonds is 4. The molecular formula is C8H14O2. The van der Waals surface area contributed by atoms with E-state index < -0.39 is 0 Å². The van der Waals surface area contributed by atoms with Crippen LogP contribution >= 0.6 is 0 Å². The van der Waals surface area contributed by atoms with Gasteiger partial charge in [0.1, 0.15) is 0 Å². The topological polar surface area (TPSA) is 26.3 Å². The number of hydrogen-bond acceptors (Lipinski definition) is 2. The zero-order chi connectivity index (χ0) is 7.98. The molecule has 0 saturated carbocycles. The highest BCUT2D eigenvalue weighted by molar-refractivity contribution is 5.87. The Morgan fingerprint density at radius 3 is 2.50 bits per heavy atom. The highest BCUT2D eigenvalue weighted by Crippen LogP contribution is 2.03. The highest BCUT2D eigenvalue weighted by Gasteiger charge is 2.04. The van der Waals surface area contributed by atoms with E-state index >= 15 is 0 Å². The Morgan fingerprint density at radius 1 is 1.50 bits per heavy atom. The first-order valence-corrected chi connectivity index (χ1v) is 3.57. The Balaban J connectivity index is 3.60. The Kier molecular flexibility index (Phi) is 4.63. The molecular weight excluding hydrogens is 128 g/mol. The van der Waals surface area contributed by atoms with E-state index in [2.05, 4.69) is 6.58 Å². The smallest absolute Gasteiger partial charge is 0.333 e. The number of hydrogen-bond donors (Lipinski definition) is 0. The normalized spacial score (nSPS) is 9.00. The van der Waals surface area contributed by atoms with Crippen molar-refractivity contribution in [1.29, 1.82) is 0 Å². The fourth-order valence-electron chi connectivity index (χ4n) is 0.637. The molecule has 0 spiro atoms. The maximum absolute atomic E-state index is 10.8. The number of carbonyl (C=O) groups excluding carboxylic acids is 1. The van der Waals surface area contributed by atoms with Crippen LogP contribution in [0.2, 0.25) is 0 Å². The van der Waals surface area contributed by atoms with Crippen molar-refractivity contribution in [2.24, 2.45) is 0 Å². The van der Waals surface area contributed by atoms with Crippen molar-refractivity contribution >= 4 is 5.97 Å². The lowest BCUT2D eigenvalue weighted by atomic mass is 10.2. The summed E-state index contributed by atoms with van der Waals surface area (Å²) in [5.41, 5.74) is 0.573. The molecule has 0 bridgehead atoms. The van der Waals surface area contributed by atoms with Crippen molar-refractivity contribution < 1.29 is 9.53 Å². The van der Waals surface area contributed by atoms with Gasteiger partial charge in [-0.3, -0.25) is 0 Å². The van der Waals surface area contributed by atoms with Crippen LogP contribution in [0, 0.1) is 0 Å². The number of esters is 1. The van der Waals surface area contributed by atoms with Gasteiger partial charge in [0.25, 0.3) is 0 Å². The molecule has 0 aliphatic rings. The minimum atomic E-state index is -0.260. The summed E-state index contributed by atoms with van der Waals surface area (Å²) < 4.78 is 4.72. The highest BCUT2D eigenvalue weighted by atomic mass is 16.5. The quantitative estimate of drug-likeness (QED) is 0.442. The Morgan fingerprint density at radius 2 is 2.10 bits per heavy atom. The minimum Gasteiger partial charge on any atom is -0.463 e. The second kappa shape index (κ2) is 5.03. The molecule has 0 aromatic heterocycles. The molecule has 0 aromatic rings. The third-order valence-corrected chi connectivity index (χ3v) is 1.12. The van der Waals surface area contributed by atoms with Gasteiger partial charge in [-0.25, -0.2) is 4.79 Å². The van der Waals surface area contributed by atoms with E-state index in [1.165, 1.54) is 0 Å². The molecule has 0 aromatic carbocycles. The van der Waals surface area contributed by atoms with E-state index in [9.17, 15) is 4.79 Å². The summed E-state index contributed by atoms with van der Waals surface area (Å²) in [7, 11) is 0. The maximum atomic E-state index is 10.8. The third-order valence-electron chi connectivity index (χ3n) is 1.12. The summed E-state index contributed by atoms with van der Waals surface area (Å²) >= 11 is 0. The average molecular weight is 142 g/mol. The van der Waals surface area contributed by atoms with Crippen LogP contribution in [0.1, 0.15) is 26.7 Å². The van der Waals surface area contributed by atoms with Gasteiger partial charge >= 0.3 is 5.97 Å². The fourth-order valence-corrected chi connectivity index (χ4v) is 0.637. The SMILES string of the molecule is C=C(CCC)C(=O)OCC. The van der Waals surface area contributed by atoms with Crippen LogP contribution < -0.4 is 0 Å². The van der Waals surface area contributed by atoms with Crippen LogP contribution in [-0.4, -0.2) is 12.6 Å². The summed E-state index contributed by atoms with van der Waals surface area (Å²) in [6.45, 7) is 7.81. The maximum Gasteiger partial charge on any atom is 0.333 e. The molecule has 0 rings (SSSR count). The van der Waals surface area contributed by atoms with Gasteiger partial charge < -0.3 is 4.74 Å². The summed E-state index contributed by atoms with van der Waals surface area (Å²) in [6.07, 6.45) is 1.68. The first-order chi connectivity index (χ1) is 4.72. The van der Waals surface area contributed by atoms with Crippen LogP contribution in [0.5, 0.6) is 0 Å². The zero-order valence-electron chi connectivity index (χ0n) is 6.64. The number of ether oxygens (including phenoxy) is 1. The molecule has 2 nitrogen and oxygen atoms in total. The molecule has 0 atom stereocenters. The van der Waals surface area contributed by atoms with Crippen molar-refractivity contribution in [3.8, 4) is 0 Å². The lowest BCUT2D eigenvalue weighted by molar-refractivity contribution is -0.138. The van der Waals surface area contributed by atoms with Gasteiger partial charge in [0, 0.05) is 5.57 Å². The molecule has 0 saturated heterocycles. The summed E-state index contributed by atoms with van der Waals surface area (Å²) in [5.74, 6) is -0.260.